The van der Waals surface area contributed by atoms with Gasteiger partial charge >= 0.3 is 0 Å². The van der Waals surface area contributed by atoms with Crippen molar-refractivity contribution >= 4 is 21.4 Å². The predicted octanol–water partition coefficient (Wildman–Crippen LogP) is 0.204. The van der Waals surface area contributed by atoms with Crippen molar-refractivity contribution in [2.45, 2.75) is 13.0 Å². The Balaban J connectivity index is 1.89. The SMILES string of the molecule is NCc1cccc(NC(=O)CN2CCCS(=O)(=O)CC2)c1. The average molecular weight is 311 g/mol. The lowest BCUT2D eigenvalue weighted by atomic mass is 10.2. The first-order valence-corrected chi connectivity index (χ1v) is 8.82. The van der Waals surface area contributed by atoms with Crippen molar-refractivity contribution in [1.82, 2.24) is 4.90 Å². The minimum Gasteiger partial charge on any atom is -0.326 e. The summed E-state index contributed by atoms with van der Waals surface area (Å²) in [4.78, 5) is 13.9. The van der Waals surface area contributed by atoms with Crippen molar-refractivity contribution in [3.63, 3.8) is 0 Å². The number of anilines is 1. The molecule has 0 unspecified atom stereocenters. The van der Waals surface area contributed by atoms with Gasteiger partial charge in [0.15, 0.2) is 9.84 Å². The average Bonchev–Trinajstić information content (AvgIpc) is 2.60. The largest absolute Gasteiger partial charge is 0.326 e. The smallest absolute Gasteiger partial charge is 0.238 e. The monoisotopic (exact) mass is 311 g/mol. The Morgan fingerprint density at radius 2 is 2.10 bits per heavy atom. The maximum atomic E-state index is 12.0. The van der Waals surface area contributed by atoms with Crippen LogP contribution in [-0.2, 0) is 21.2 Å². The lowest BCUT2D eigenvalue weighted by Crippen LogP contribution is -2.35. The van der Waals surface area contributed by atoms with Gasteiger partial charge in [-0.1, -0.05) is 12.1 Å². The van der Waals surface area contributed by atoms with E-state index in [0.717, 1.165) is 5.56 Å². The summed E-state index contributed by atoms with van der Waals surface area (Å²) < 4.78 is 23.0. The quantitative estimate of drug-likeness (QED) is 0.829. The van der Waals surface area contributed by atoms with Gasteiger partial charge in [0.1, 0.15) is 0 Å². The summed E-state index contributed by atoms with van der Waals surface area (Å²) in [6.07, 6.45) is 0.582. The van der Waals surface area contributed by atoms with Crippen molar-refractivity contribution in [2.24, 2.45) is 5.73 Å². The summed E-state index contributed by atoms with van der Waals surface area (Å²) >= 11 is 0. The Labute approximate surface area is 125 Å². The van der Waals surface area contributed by atoms with E-state index >= 15 is 0 Å². The van der Waals surface area contributed by atoms with Crippen molar-refractivity contribution in [3.8, 4) is 0 Å². The highest BCUT2D eigenvalue weighted by molar-refractivity contribution is 7.91. The van der Waals surface area contributed by atoms with Crippen LogP contribution < -0.4 is 11.1 Å². The number of sulfone groups is 1. The number of nitrogens with zero attached hydrogens (tertiary/aromatic N) is 1. The summed E-state index contributed by atoms with van der Waals surface area (Å²) in [6, 6.07) is 7.39. The summed E-state index contributed by atoms with van der Waals surface area (Å²) in [5, 5.41) is 2.82. The van der Waals surface area contributed by atoms with E-state index in [1.54, 1.807) is 0 Å². The summed E-state index contributed by atoms with van der Waals surface area (Å²) in [7, 11) is -2.94. The maximum absolute atomic E-state index is 12.0. The molecule has 0 bridgehead atoms. The Bertz CT molecular complexity index is 601. The van der Waals surface area contributed by atoms with Gasteiger partial charge in [0.2, 0.25) is 5.91 Å². The highest BCUT2D eigenvalue weighted by Crippen LogP contribution is 2.11. The molecule has 1 fully saturated rings. The third kappa shape index (κ3) is 5.11. The van der Waals surface area contributed by atoms with Gasteiger partial charge in [-0.3, -0.25) is 9.69 Å². The number of benzene rings is 1. The van der Waals surface area contributed by atoms with E-state index in [-0.39, 0.29) is 24.0 Å². The molecule has 1 amide bonds. The number of amides is 1. The van der Waals surface area contributed by atoms with Crippen molar-refractivity contribution in [3.05, 3.63) is 29.8 Å². The van der Waals surface area contributed by atoms with Crippen LogP contribution in [0.5, 0.6) is 0 Å². The van der Waals surface area contributed by atoms with Crippen LogP contribution in [0.25, 0.3) is 0 Å². The van der Waals surface area contributed by atoms with E-state index < -0.39 is 9.84 Å². The van der Waals surface area contributed by atoms with Gasteiger partial charge in [0.05, 0.1) is 18.1 Å². The molecule has 3 N–H and O–H groups in total. The first-order chi connectivity index (χ1) is 9.98. The molecule has 21 heavy (non-hydrogen) atoms. The molecule has 0 aromatic heterocycles. The normalized spacial score (nSPS) is 18.9. The van der Waals surface area contributed by atoms with E-state index in [1.165, 1.54) is 0 Å². The fourth-order valence-electron chi connectivity index (χ4n) is 2.33. The fourth-order valence-corrected chi connectivity index (χ4v) is 3.64. The molecule has 6 nitrogen and oxygen atoms in total. The fraction of sp³-hybridized carbons (Fsp3) is 0.500. The second kappa shape index (κ2) is 7.02. The van der Waals surface area contributed by atoms with Gasteiger partial charge in [0, 0.05) is 18.8 Å². The van der Waals surface area contributed by atoms with Gasteiger partial charge in [-0.15, -0.1) is 0 Å². The highest BCUT2D eigenvalue weighted by atomic mass is 32.2. The van der Waals surface area contributed by atoms with E-state index in [0.29, 0.717) is 31.7 Å². The minimum atomic E-state index is -2.94. The molecule has 0 spiro atoms. The first-order valence-electron chi connectivity index (χ1n) is 7.00. The van der Waals surface area contributed by atoms with Crippen LogP contribution in [0.1, 0.15) is 12.0 Å². The highest BCUT2D eigenvalue weighted by Gasteiger charge is 2.20. The number of hydrogen-bond acceptors (Lipinski definition) is 5. The van der Waals surface area contributed by atoms with Crippen molar-refractivity contribution in [2.75, 3.05) is 36.5 Å². The molecule has 1 aliphatic rings. The van der Waals surface area contributed by atoms with Crippen LogP contribution in [0.2, 0.25) is 0 Å². The molecular weight excluding hydrogens is 290 g/mol. The number of hydrogen-bond donors (Lipinski definition) is 2. The van der Waals surface area contributed by atoms with Gasteiger partial charge in [-0.05, 0) is 30.7 Å². The zero-order chi connectivity index (χ0) is 15.3. The number of carbonyl (C=O) groups is 1. The second-order valence-electron chi connectivity index (χ2n) is 5.23. The molecule has 7 heteroatoms. The molecule has 1 aromatic carbocycles. The van der Waals surface area contributed by atoms with Crippen LogP contribution in [-0.4, -0.2) is 50.4 Å². The van der Waals surface area contributed by atoms with Crippen LogP contribution in [0, 0.1) is 0 Å². The van der Waals surface area contributed by atoms with Crippen LogP contribution >= 0.6 is 0 Å². The molecular formula is C14H21N3O3S. The van der Waals surface area contributed by atoms with E-state index in [9.17, 15) is 13.2 Å². The number of nitrogens with one attached hydrogen (secondary N) is 1. The zero-order valence-electron chi connectivity index (χ0n) is 11.9. The molecule has 0 radical (unpaired) electrons. The Kier molecular flexibility index (Phi) is 5.33. The summed E-state index contributed by atoms with van der Waals surface area (Å²) in [6.45, 7) is 1.68. The molecule has 1 aromatic rings. The molecule has 0 atom stereocenters. The number of rotatable bonds is 4. The van der Waals surface area contributed by atoms with Gasteiger partial charge in [-0.25, -0.2) is 8.42 Å². The second-order valence-corrected chi connectivity index (χ2v) is 7.54. The lowest BCUT2D eigenvalue weighted by Gasteiger charge is -2.18. The Morgan fingerprint density at radius 3 is 2.86 bits per heavy atom. The molecule has 1 heterocycles. The van der Waals surface area contributed by atoms with Gasteiger partial charge in [0.25, 0.3) is 0 Å². The van der Waals surface area contributed by atoms with Gasteiger partial charge < -0.3 is 11.1 Å². The lowest BCUT2D eigenvalue weighted by molar-refractivity contribution is -0.117. The maximum Gasteiger partial charge on any atom is 0.238 e. The van der Waals surface area contributed by atoms with E-state index in [1.807, 2.05) is 29.2 Å². The standard InChI is InChI=1S/C14H21N3O3S/c15-10-12-3-1-4-13(9-12)16-14(18)11-17-5-2-7-21(19,20)8-6-17/h1,3-4,9H,2,5-8,10-11,15H2,(H,16,18). The molecule has 0 saturated carbocycles. The van der Waals surface area contributed by atoms with Crippen LogP contribution in [0.4, 0.5) is 5.69 Å². The molecule has 1 aliphatic heterocycles. The van der Waals surface area contributed by atoms with Gasteiger partial charge in [-0.2, -0.15) is 0 Å². The molecule has 0 aliphatic carbocycles. The summed E-state index contributed by atoms with van der Waals surface area (Å²) in [5.74, 6) is 0.204. The Hall–Kier alpha value is -1.44. The van der Waals surface area contributed by atoms with E-state index in [2.05, 4.69) is 5.32 Å². The molecule has 2 rings (SSSR count). The first kappa shape index (κ1) is 15.9. The molecule has 116 valence electrons. The topological polar surface area (TPSA) is 92.5 Å². The van der Waals surface area contributed by atoms with Crippen molar-refractivity contribution < 1.29 is 13.2 Å². The Morgan fingerprint density at radius 1 is 1.29 bits per heavy atom. The number of carbonyl (C=O) groups excluding carboxylic acids is 1. The zero-order valence-corrected chi connectivity index (χ0v) is 12.7. The van der Waals surface area contributed by atoms with Crippen molar-refractivity contribution in [1.29, 1.82) is 0 Å². The molecule has 1 saturated heterocycles. The van der Waals surface area contributed by atoms with Crippen LogP contribution in [0.15, 0.2) is 24.3 Å². The van der Waals surface area contributed by atoms with Crippen LogP contribution in [0.3, 0.4) is 0 Å². The predicted molar refractivity (Wildman–Crippen MR) is 82.7 cm³/mol. The number of nitrogens with two attached hydrogens (primary N) is 1. The summed E-state index contributed by atoms with van der Waals surface area (Å²) in [5.41, 5.74) is 7.23. The minimum absolute atomic E-state index is 0.128. The third-order valence-corrected chi connectivity index (χ3v) is 5.18. The third-order valence-electron chi connectivity index (χ3n) is 3.46. The van der Waals surface area contributed by atoms with E-state index in [4.69, 9.17) is 5.73 Å².